The molecule has 0 fully saturated rings. The quantitative estimate of drug-likeness (QED) is 0.695. The monoisotopic (exact) mass is 294 g/mol. The summed E-state index contributed by atoms with van der Waals surface area (Å²) in [6.45, 7) is 1.74. The second-order valence-electron chi connectivity index (χ2n) is 4.08. The summed E-state index contributed by atoms with van der Waals surface area (Å²) in [4.78, 5) is 10.6. The van der Waals surface area contributed by atoms with Crippen LogP contribution in [-0.4, -0.2) is 9.13 Å². The summed E-state index contributed by atoms with van der Waals surface area (Å²) in [5.41, 5.74) is 1.04. The molecular weight excluding hydrogens is 283 g/mol. The Morgan fingerprint density at radius 2 is 1.85 bits per heavy atom. The number of nitro groups is 1. The van der Waals surface area contributed by atoms with Gasteiger partial charge in [0.15, 0.2) is 0 Å². The van der Waals surface area contributed by atoms with Crippen LogP contribution in [0.2, 0.25) is 0 Å². The molecule has 0 aliphatic heterocycles. The number of nitrogens with zero attached hydrogens (tertiary/aromatic N) is 1. The second-order valence-corrected chi connectivity index (χ2v) is 5.29. The molecule has 2 aromatic carbocycles. The molecule has 1 atom stereocenters. The fourth-order valence-electron chi connectivity index (χ4n) is 1.55. The van der Waals surface area contributed by atoms with Crippen LogP contribution in [-0.2, 0) is 11.0 Å². The van der Waals surface area contributed by atoms with E-state index in [-0.39, 0.29) is 5.69 Å². The Labute approximate surface area is 117 Å². The standard InChI is InChI=1S/C13H11FN2O3S/c1-9-2-5-11(16(17)18)8-13(9)15-20(19)12-6-3-10(14)4-7-12/h2-8,15H,1H3. The minimum atomic E-state index is -1.61. The molecule has 0 spiro atoms. The lowest BCUT2D eigenvalue weighted by molar-refractivity contribution is -0.384. The second kappa shape index (κ2) is 5.79. The van der Waals surface area contributed by atoms with Gasteiger partial charge in [-0.05, 0) is 36.8 Å². The molecule has 1 N–H and O–H groups in total. The van der Waals surface area contributed by atoms with Crippen molar-refractivity contribution in [2.24, 2.45) is 0 Å². The third-order valence-electron chi connectivity index (χ3n) is 2.66. The van der Waals surface area contributed by atoms with Crippen molar-refractivity contribution in [3.8, 4) is 0 Å². The van der Waals surface area contributed by atoms with Gasteiger partial charge in [-0.15, -0.1) is 0 Å². The number of nitrogens with one attached hydrogen (secondary N) is 1. The average molecular weight is 294 g/mol. The maximum atomic E-state index is 12.8. The van der Waals surface area contributed by atoms with Crippen molar-refractivity contribution in [3.63, 3.8) is 0 Å². The van der Waals surface area contributed by atoms with Crippen molar-refractivity contribution in [3.05, 3.63) is 64.0 Å². The van der Waals surface area contributed by atoms with Gasteiger partial charge in [0, 0.05) is 12.1 Å². The highest BCUT2D eigenvalue weighted by molar-refractivity contribution is 7.86. The summed E-state index contributed by atoms with van der Waals surface area (Å²) in [5.74, 6) is -0.419. The summed E-state index contributed by atoms with van der Waals surface area (Å²) in [6.07, 6.45) is 0. The fourth-order valence-corrected chi connectivity index (χ4v) is 2.47. The number of hydrogen-bond acceptors (Lipinski definition) is 3. The molecule has 0 aliphatic carbocycles. The van der Waals surface area contributed by atoms with Crippen molar-refractivity contribution in [1.29, 1.82) is 0 Å². The van der Waals surface area contributed by atoms with Gasteiger partial charge in [-0.1, -0.05) is 6.07 Å². The number of anilines is 1. The van der Waals surface area contributed by atoms with Crippen molar-refractivity contribution < 1.29 is 13.5 Å². The van der Waals surface area contributed by atoms with Gasteiger partial charge in [-0.25, -0.2) is 8.60 Å². The van der Waals surface area contributed by atoms with E-state index in [1.54, 1.807) is 13.0 Å². The third-order valence-corrected chi connectivity index (χ3v) is 3.77. The van der Waals surface area contributed by atoms with Crippen molar-refractivity contribution >= 4 is 22.4 Å². The van der Waals surface area contributed by atoms with Gasteiger partial charge in [0.2, 0.25) is 0 Å². The topological polar surface area (TPSA) is 72.2 Å². The number of halogens is 1. The predicted octanol–water partition coefficient (Wildman–Crippen LogP) is 3.18. The van der Waals surface area contributed by atoms with Crippen LogP contribution in [0.5, 0.6) is 0 Å². The number of hydrogen-bond donors (Lipinski definition) is 1. The lowest BCUT2D eigenvalue weighted by atomic mass is 10.2. The van der Waals surface area contributed by atoms with Gasteiger partial charge in [-0.3, -0.25) is 10.1 Å². The van der Waals surface area contributed by atoms with E-state index in [0.717, 1.165) is 5.56 Å². The summed E-state index contributed by atoms with van der Waals surface area (Å²) >= 11 is 0. The molecule has 2 rings (SSSR count). The van der Waals surface area contributed by atoms with Crippen LogP contribution in [0, 0.1) is 22.9 Å². The molecule has 0 aromatic heterocycles. The normalized spacial score (nSPS) is 11.9. The fraction of sp³-hybridized carbons (Fsp3) is 0.0769. The molecule has 0 radical (unpaired) electrons. The van der Waals surface area contributed by atoms with Crippen LogP contribution in [0.3, 0.4) is 0 Å². The van der Waals surface area contributed by atoms with E-state index < -0.39 is 21.7 Å². The third kappa shape index (κ3) is 3.18. The van der Waals surface area contributed by atoms with E-state index in [1.807, 2.05) is 0 Å². The zero-order valence-corrected chi connectivity index (χ0v) is 11.3. The van der Waals surface area contributed by atoms with Crippen molar-refractivity contribution in [2.75, 3.05) is 4.72 Å². The highest BCUT2D eigenvalue weighted by atomic mass is 32.2. The molecule has 104 valence electrons. The molecule has 0 bridgehead atoms. The summed E-state index contributed by atoms with van der Waals surface area (Å²) in [5, 5.41) is 10.7. The first kappa shape index (κ1) is 14.1. The van der Waals surface area contributed by atoms with E-state index in [9.17, 15) is 18.7 Å². The molecule has 2 aromatic rings. The van der Waals surface area contributed by atoms with E-state index in [4.69, 9.17) is 0 Å². The van der Waals surface area contributed by atoms with Gasteiger partial charge < -0.3 is 4.72 Å². The Hall–Kier alpha value is -2.28. The van der Waals surface area contributed by atoms with Crippen molar-refractivity contribution in [2.45, 2.75) is 11.8 Å². The number of aryl methyl sites for hydroxylation is 1. The summed E-state index contributed by atoms with van der Waals surface area (Å²) in [7, 11) is -1.61. The largest absolute Gasteiger partial charge is 0.301 e. The first-order valence-electron chi connectivity index (χ1n) is 5.66. The maximum absolute atomic E-state index is 12.8. The van der Waals surface area contributed by atoms with E-state index >= 15 is 0 Å². The van der Waals surface area contributed by atoms with E-state index in [0.29, 0.717) is 10.6 Å². The Bertz CT molecular complexity index is 674. The zero-order chi connectivity index (χ0) is 14.7. The molecule has 0 amide bonds. The molecule has 5 nitrogen and oxygen atoms in total. The maximum Gasteiger partial charge on any atom is 0.271 e. The van der Waals surface area contributed by atoms with E-state index in [1.165, 1.54) is 36.4 Å². The van der Waals surface area contributed by atoms with Gasteiger partial charge in [-0.2, -0.15) is 0 Å². The zero-order valence-electron chi connectivity index (χ0n) is 10.5. The first-order valence-corrected chi connectivity index (χ1v) is 6.81. The van der Waals surface area contributed by atoms with Gasteiger partial charge >= 0.3 is 0 Å². The molecule has 7 heteroatoms. The SMILES string of the molecule is Cc1ccc([N+](=O)[O-])cc1NS(=O)c1ccc(F)cc1. The molecular formula is C13H11FN2O3S. The van der Waals surface area contributed by atoms with Gasteiger partial charge in [0.1, 0.15) is 16.8 Å². The Morgan fingerprint density at radius 1 is 1.20 bits per heavy atom. The Balaban J connectivity index is 2.25. The number of nitro benzene ring substituents is 1. The lowest BCUT2D eigenvalue weighted by Gasteiger charge is -2.08. The van der Waals surface area contributed by atoms with Gasteiger partial charge in [0.05, 0.1) is 15.5 Å². The molecule has 0 saturated heterocycles. The number of non-ortho nitro benzene ring substituents is 1. The van der Waals surface area contributed by atoms with Crippen LogP contribution >= 0.6 is 0 Å². The molecule has 0 aliphatic rings. The molecule has 20 heavy (non-hydrogen) atoms. The minimum absolute atomic E-state index is 0.0887. The smallest absolute Gasteiger partial charge is 0.271 e. The Kier molecular flexibility index (Phi) is 4.09. The molecule has 0 heterocycles. The predicted molar refractivity (Wildman–Crippen MR) is 74.3 cm³/mol. The highest BCUT2D eigenvalue weighted by Crippen LogP contribution is 2.23. The van der Waals surface area contributed by atoms with Crippen LogP contribution in [0.4, 0.5) is 15.8 Å². The van der Waals surface area contributed by atoms with E-state index in [2.05, 4.69) is 4.72 Å². The first-order chi connectivity index (χ1) is 9.47. The summed E-state index contributed by atoms with van der Waals surface area (Å²) < 4.78 is 27.5. The average Bonchev–Trinajstić information content (AvgIpc) is 2.41. The van der Waals surface area contributed by atoms with Crippen molar-refractivity contribution in [1.82, 2.24) is 0 Å². The van der Waals surface area contributed by atoms with Crippen LogP contribution in [0.15, 0.2) is 47.4 Å². The Morgan fingerprint density at radius 3 is 2.45 bits per heavy atom. The summed E-state index contributed by atoms with van der Waals surface area (Å²) in [6, 6.07) is 9.46. The highest BCUT2D eigenvalue weighted by Gasteiger charge is 2.11. The number of rotatable bonds is 4. The van der Waals surface area contributed by atoms with Crippen LogP contribution in [0.25, 0.3) is 0 Å². The van der Waals surface area contributed by atoms with Gasteiger partial charge in [0.25, 0.3) is 5.69 Å². The molecule has 1 unspecified atom stereocenters. The van der Waals surface area contributed by atoms with Crippen LogP contribution < -0.4 is 4.72 Å². The number of benzene rings is 2. The van der Waals surface area contributed by atoms with Crippen LogP contribution in [0.1, 0.15) is 5.56 Å². The minimum Gasteiger partial charge on any atom is -0.301 e. The lowest BCUT2D eigenvalue weighted by Crippen LogP contribution is -2.06. The molecule has 0 saturated carbocycles.